The van der Waals surface area contributed by atoms with Crippen molar-refractivity contribution in [3.63, 3.8) is 0 Å². The van der Waals surface area contributed by atoms with Gasteiger partial charge in [0.05, 0.1) is 50.8 Å². The van der Waals surface area contributed by atoms with Crippen LogP contribution in [0.1, 0.15) is 377 Å². The van der Waals surface area contributed by atoms with Gasteiger partial charge >= 0.3 is 23.9 Å². The number of carbonyl (C=O) groups is 8. The highest BCUT2D eigenvalue weighted by molar-refractivity contribution is 5.92. The molecular formula is C113H182O16. The standard InChI is InChI=1S/2C28H46O4.C28H44O4.C28H42O4.CH4/c4*1-6-19-23-16-18(29)12-14-28(23,5)22-13-15-27(4)20(9-10-21(27)25(22)26(19)31)17(3)8-11-24(30)32-7-2;/h2*17,19-23,25-26,31H,6-16H2,1-5H3;16-17,19-22,25-26,31H,6-15H2,1-5H3;8,11,16-17,19-22,25-26,31H,6-7,9-10,12-15H2,1-5H3;1H4/b;;;11-8+;/t17-,19+,20?,21?,22?,23+,25?,26-,27-,28-;17-,19+,20?,21?,22?,23-,25?,26-,27-,28-;2*17-,19+,20?,21?,22?,25?,26-,27-,28-;/m1111./s1. The van der Waals surface area contributed by atoms with Gasteiger partial charge in [-0.25, -0.2) is 4.79 Å². The van der Waals surface area contributed by atoms with Crippen LogP contribution in [0.25, 0.3) is 0 Å². The predicted octanol–water partition coefficient (Wildman–Crippen LogP) is 23.5. The zero-order valence-corrected chi connectivity index (χ0v) is 83.6. The number of ether oxygens (including phenoxy) is 4. The molecule has 0 radical (unpaired) electrons. The van der Waals surface area contributed by atoms with Crippen molar-refractivity contribution in [2.24, 2.45) is 197 Å². The van der Waals surface area contributed by atoms with Crippen molar-refractivity contribution in [1.29, 1.82) is 0 Å². The van der Waals surface area contributed by atoms with Crippen LogP contribution in [0, 0.1) is 197 Å². The van der Waals surface area contributed by atoms with Crippen molar-refractivity contribution in [2.45, 2.75) is 401 Å². The Morgan fingerprint density at radius 1 is 0.364 bits per heavy atom. The minimum Gasteiger partial charge on any atom is -0.466 e. The summed E-state index contributed by atoms with van der Waals surface area (Å²) in [5.74, 6) is 12.1. The Kier molecular flexibility index (Phi) is 33.3. The third kappa shape index (κ3) is 18.8. The molecule has 38 atom stereocenters. The lowest BCUT2D eigenvalue weighted by Gasteiger charge is -2.64. The Bertz CT molecular complexity index is 3900. The first-order valence-electron chi connectivity index (χ1n) is 53.2. The monoisotopic (exact) mass is 1800 g/mol. The van der Waals surface area contributed by atoms with Crippen LogP contribution in [0.5, 0.6) is 0 Å². The van der Waals surface area contributed by atoms with Gasteiger partial charge in [0.2, 0.25) is 0 Å². The minimum atomic E-state index is -0.357. The Labute approximate surface area is 780 Å². The quantitative estimate of drug-likeness (QED) is 0.0421. The van der Waals surface area contributed by atoms with Crippen molar-refractivity contribution in [2.75, 3.05) is 26.4 Å². The molecule has 14 saturated carbocycles. The Balaban J connectivity index is 0.000000155. The number of Topliss-reactive ketones (excluding diaryl/α,β-unsaturated/α-hetero) is 2. The number of ketones is 4. The molecule has 730 valence electrons. The number of esters is 4. The molecule has 16 rings (SSSR count). The van der Waals surface area contributed by atoms with Crippen LogP contribution in [-0.2, 0) is 57.3 Å². The zero-order chi connectivity index (χ0) is 93.0. The highest BCUT2D eigenvalue weighted by Gasteiger charge is 2.70. The van der Waals surface area contributed by atoms with E-state index in [1.807, 2.05) is 45.9 Å². The molecule has 16 heteroatoms. The molecule has 0 saturated heterocycles. The fraction of sp³-hybridized carbons (Fsp3) is 0.876. The second kappa shape index (κ2) is 41.5. The first kappa shape index (κ1) is 104. The van der Waals surface area contributed by atoms with E-state index in [0.29, 0.717) is 213 Å². The van der Waals surface area contributed by atoms with E-state index in [9.17, 15) is 58.8 Å². The summed E-state index contributed by atoms with van der Waals surface area (Å²) >= 11 is 0. The molecule has 0 bridgehead atoms. The number of allylic oxidation sites excluding steroid dienone is 1. The molecule has 0 aromatic carbocycles. The molecule has 0 spiro atoms. The molecule has 0 aromatic heterocycles. The van der Waals surface area contributed by atoms with E-state index in [1.54, 1.807) is 6.08 Å². The zero-order valence-electron chi connectivity index (χ0n) is 83.6. The lowest BCUT2D eigenvalue weighted by Crippen LogP contribution is -2.61. The molecule has 16 nitrogen and oxygen atoms in total. The molecule has 0 amide bonds. The Morgan fingerprint density at radius 2 is 0.667 bits per heavy atom. The smallest absolute Gasteiger partial charge is 0.330 e. The van der Waals surface area contributed by atoms with Crippen molar-refractivity contribution in [3.05, 3.63) is 35.5 Å². The molecule has 4 N–H and O–H groups in total. The normalized spacial score (nSPS) is 45.1. The van der Waals surface area contributed by atoms with Gasteiger partial charge in [-0.1, -0.05) is 148 Å². The highest BCUT2D eigenvalue weighted by Crippen LogP contribution is 2.75. The number of aliphatic hydroxyl groups excluding tert-OH is 4. The number of rotatable bonds is 23. The lowest BCUT2D eigenvalue weighted by atomic mass is 9.41. The average molecular weight is 1800 g/mol. The van der Waals surface area contributed by atoms with Gasteiger partial charge in [0, 0.05) is 75.7 Å². The van der Waals surface area contributed by atoms with E-state index >= 15 is 0 Å². The third-order valence-electron chi connectivity index (χ3n) is 42.9. The molecular weight excluding hydrogens is 1610 g/mol. The fourth-order valence-electron chi connectivity index (χ4n) is 36.6. The first-order chi connectivity index (χ1) is 60.7. The third-order valence-corrected chi connectivity index (χ3v) is 42.9. The van der Waals surface area contributed by atoms with E-state index in [0.717, 1.165) is 109 Å². The maximum atomic E-state index is 12.4. The van der Waals surface area contributed by atoms with Crippen LogP contribution in [-0.4, -0.2) is 118 Å². The van der Waals surface area contributed by atoms with Crippen LogP contribution in [0.15, 0.2) is 35.5 Å². The number of carbonyl (C=O) groups excluding carboxylic acids is 8. The van der Waals surface area contributed by atoms with Gasteiger partial charge in [-0.05, 0) is 386 Å². The van der Waals surface area contributed by atoms with E-state index < -0.39 is 0 Å². The average Bonchev–Trinajstić information content (AvgIpc) is 1.70. The molecule has 14 fully saturated rings. The highest BCUT2D eigenvalue weighted by atomic mass is 16.5. The van der Waals surface area contributed by atoms with Gasteiger partial charge in [0.1, 0.15) is 11.6 Å². The van der Waals surface area contributed by atoms with E-state index in [-0.39, 0.29) is 134 Å². The van der Waals surface area contributed by atoms with Crippen molar-refractivity contribution in [1.82, 2.24) is 0 Å². The summed E-state index contributed by atoms with van der Waals surface area (Å²) in [6.07, 6.45) is 41.3. The van der Waals surface area contributed by atoms with Crippen LogP contribution in [0.4, 0.5) is 0 Å². The van der Waals surface area contributed by atoms with Crippen LogP contribution in [0.3, 0.4) is 0 Å². The van der Waals surface area contributed by atoms with Gasteiger partial charge in [-0.15, -0.1) is 0 Å². The molecule has 0 heterocycles. The van der Waals surface area contributed by atoms with E-state index in [4.69, 9.17) is 18.9 Å². The van der Waals surface area contributed by atoms with Crippen LogP contribution in [0.2, 0.25) is 0 Å². The first-order valence-corrected chi connectivity index (χ1v) is 53.2. The number of hydrogen-bond donors (Lipinski definition) is 4. The maximum Gasteiger partial charge on any atom is 0.330 e. The summed E-state index contributed by atoms with van der Waals surface area (Å²) in [7, 11) is 0. The van der Waals surface area contributed by atoms with E-state index in [1.165, 1.54) is 88.2 Å². The van der Waals surface area contributed by atoms with Gasteiger partial charge in [-0.3, -0.25) is 33.6 Å². The molecule has 129 heavy (non-hydrogen) atoms. The Morgan fingerprint density at radius 3 is 0.984 bits per heavy atom. The minimum absolute atomic E-state index is 0. The summed E-state index contributed by atoms with van der Waals surface area (Å²) < 4.78 is 20.6. The fourth-order valence-corrected chi connectivity index (χ4v) is 36.6. The maximum absolute atomic E-state index is 12.4. The van der Waals surface area contributed by atoms with E-state index in [2.05, 4.69) is 111 Å². The predicted molar refractivity (Wildman–Crippen MR) is 510 cm³/mol. The second-order valence-electron chi connectivity index (χ2n) is 47.8. The molecule has 0 aliphatic heterocycles. The van der Waals surface area contributed by atoms with Crippen molar-refractivity contribution < 1.29 is 77.7 Å². The number of aliphatic hydroxyl groups is 4. The van der Waals surface area contributed by atoms with Crippen LogP contribution < -0.4 is 0 Å². The lowest BCUT2D eigenvalue weighted by molar-refractivity contribution is -0.194. The van der Waals surface area contributed by atoms with Gasteiger partial charge in [0.25, 0.3) is 0 Å². The van der Waals surface area contributed by atoms with Gasteiger partial charge < -0.3 is 39.4 Å². The summed E-state index contributed by atoms with van der Waals surface area (Å²) in [6, 6.07) is 0. The summed E-state index contributed by atoms with van der Waals surface area (Å²) in [4.78, 5) is 97.0. The summed E-state index contributed by atoms with van der Waals surface area (Å²) in [5.41, 5.74) is 3.93. The van der Waals surface area contributed by atoms with Gasteiger partial charge in [-0.2, -0.15) is 0 Å². The number of fused-ring (bicyclic) bond motifs is 20. The molecule has 16 aliphatic rings. The summed E-state index contributed by atoms with van der Waals surface area (Å²) in [5, 5.41) is 46.9. The Hall–Kier alpha value is -4.38. The van der Waals surface area contributed by atoms with Crippen molar-refractivity contribution in [3.8, 4) is 0 Å². The second-order valence-corrected chi connectivity index (χ2v) is 47.8. The molecule has 16 aliphatic carbocycles. The van der Waals surface area contributed by atoms with Gasteiger partial charge in [0.15, 0.2) is 11.6 Å². The SMILES string of the molecule is C.CCOC(=O)/C=C/[C@@H](C)C1CCC2C3C(CC[C@@]21C)[C@@]1(C)CCC(=O)C=C1[C@H](CC)[C@H]3O.CCOC(=O)CC[C@@H](C)C1CCC2C3C(CC[C@@]21C)[C@@]1(C)CCC(=O)C=C1[C@H](CC)[C@H]3O.CCOC(=O)CC[C@@H](C)C1CCC2C3C(CC[C@@]21C)[C@@]1(C)CCC(=O)C[C@@H]1[C@H](CC)[C@H]3O.CCOC(=O)CC[C@@H](C)C1CCC2C3C(CC[C@@]21C)[C@@]1(C)CCC(=O)C[C@H]1[C@H](CC)[C@H]3O. The molecule has 16 unspecified atom stereocenters. The van der Waals surface area contributed by atoms with Crippen LogP contribution >= 0.6 is 0 Å². The largest absolute Gasteiger partial charge is 0.466 e. The van der Waals surface area contributed by atoms with Crippen molar-refractivity contribution >= 4 is 47.0 Å². The summed E-state index contributed by atoms with van der Waals surface area (Å²) in [6.45, 7) is 46.9. The molecule has 0 aromatic rings. The topological polar surface area (TPSA) is 254 Å². The number of hydrogen-bond acceptors (Lipinski definition) is 16.